The summed E-state index contributed by atoms with van der Waals surface area (Å²) in [5.74, 6) is -1.79. The summed E-state index contributed by atoms with van der Waals surface area (Å²) in [6, 6.07) is 0. The molecule has 356 valence electrons. The number of unbranched alkanes of at least 4 members (excludes halogenated alkanes) is 22. The zero-order valence-corrected chi connectivity index (χ0v) is 39.8. The molecule has 12 heteroatoms. The highest BCUT2D eigenvalue weighted by atomic mass is 16.6. The van der Waals surface area contributed by atoms with Crippen molar-refractivity contribution >= 4 is 23.9 Å². The number of likely N-dealkylation sites (N-methyl/N-ethyl adjacent to an activating group) is 1. The van der Waals surface area contributed by atoms with E-state index in [1.54, 1.807) is 0 Å². The highest BCUT2D eigenvalue weighted by molar-refractivity contribution is 5.78. The maximum Gasteiger partial charge on any atom is 0.338 e. The Morgan fingerprint density at radius 1 is 0.656 bits per heavy atom. The van der Waals surface area contributed by atoms with E-state index in [0.717, 1.165) is 64.2 Å². The van der Waals surface area contributed by atoms with Crippen molar-refractivity contribution in [2.45, 2.75) is 218 Å². The van der Waals surface area contributed by atoms with Crippen LogP contribution in [-0.4, -0.2) is 92.1 Å². The maximum atomic E-state index is 13.0. The molecule has 2 atom stereocenters. The number of aliphatic imine (C=N–C) groups is 1. The van der Waals surface area contributed by atoms with E-state index in [1.165, 1.54) is 103 Å². The Kier molecular flexibility index (Phi) is 37.9. The topological polar surface area (TPSA) is 192 Å². The molecule has 0 aromatic heterocycles. The molecule has 0 aliphatic rings. The van der Waals surface area contributed by atoms with Gasteiger partial charge in [0.2, 0.25) is 0 Å². The zero-order valence-electron chi connectivity index (χ0n) is 39.8. The Hall–Kier alpha value is -2.96. The number of carbonyl (C=O) groups is 3. The van der Waals surface area contributed by atoms with Crippen LogP contribution >= 0.6 is 0 Å². The van der Waals surface area contributed by atoms with Gasteiger partial charge in [0.05, 0.1) is 20.6 Å². The molecule has 0 rings (SSSR count). The second-order valence-corrected chi connectivity index (χ2v) is 17.9. The predicted molar refractivity (Wildman–Crippen MR) is 254 cm³/mol. The molecule has 0 aliphatic heterocycles. The summed E-state index contributed by atoms with van der Waals surface area (Å²) >= 11 is 0. The van der Waals surface area contributed by atoms with Gasteiger partial charge in [0, 0.05) is 25.9 Å². The van der Waals surface area contributed by atoms with Crippen LogP contribution in [-0.2, 0) is 23.9 Å². The van der Waals surface area contributed by atoms with Crippen LogP contribution in [0.5, 0.6) is 0 Å². The fourth-order valence-corrected chi connectivity index (χ4v) is 7.37. The highest BCUT2D eigenvalue weighted by Gasteiger charge is 2.34. The molecule has 0 saturated carbocycles. The van der Waals surface area contributed by atoms with E-state index < -0.39 is 17.7 Å². The number of aliphatic carboxylic acids is 1. The van der Waals surface area contributed by atoms with Crippen molar-refractivity contribution < 1.29 is 33.4 Å². The quantitative estimate of drug-likeness (QED) is 0.00749. The van der Waals surface area contributed by atoms with E-state index in [-0.39, 0.29) is 37.5 Å². The number of hydrogen-bond acceptors (Lipinski definition) is 8. The van der Waals surface area contributed by atoms with E-state index in [4.69, 9.17) is 26.7 Å². The first-order valence-corrected chi connectivity index (χ1v) is 24.6. The van der Waals surface area contributed by atoms with Crippen molar-refractivity contribution in [2.24, 2.45) is 22.2 Å². The molecule has 0 saturated heterocycles. The molecule has 0 aliphatic carbocycles. The summed E-state index contributed by atoms with van der Waals surface area (Å²) in [5.41, 5.74) is 15.3. The van der Waals surface area contributed by atoms with Gasteiger partial charge in [-0.3, -0.25) is 19.9 Å². The summed E-state index contributed by atoms with van der Waals surface area (Å²) in [4.78, 5) is 41.8. The molecule has 8 N–H and O–H groups in total. The minimum absolute atomic E-state index is 0.0160. The molecule has 61 heavy (non-hydrogen) atoms. The van der Waals surface area contributed by atoms with Crippen LogP contribution in [0.1, 0.15) is 206 Å². The number of esters is 2. The van der Waals surface area contributed by atoms with Gasteiger partial charge in [0.1, 0.15) is 13.2 Å². The number of nitrogens with zero attached hydrogens (tertiary/aromatic N) is 2. The normalized spacial score (nSPS) is 13.4. The molecule has 12 nitrogen and oxygen atoms in total. The minimum Gasteiger partial charge on any atom is -0.479 e. The van der Waals surface area contributed by atoms with Crippen LogP contribution in [0.3, 0.4) is 0 Å². The van der Waals surface area contributed by atoms with Crippen LogP contribution in [0.25, 0.3) is 0 Å². The number of nitrogens with two attached hydrogens (primary N) is 3. The monoisotopic (exact) mass is 864 g/mol. The Labute approximate surface area is 373 Å². The molecule has 0 radical (unpaired) electrons. The number of carboxylic acids is 1. The first kappa shape index (κ1) is 58.0. The lowest BCUT2D eigenvalue weighted by Gasteiger charge is -2.34. The predicted octanol–water partition coefficient (Wildman–Crippen LogP) is 9.98. The smallest absolute Gasteiger partial charge is 0.338 e. The van der Waals surface area contributed by atoms with E-state index >= 15 is 0 Å². The molecule has 0 fully saturated rings. The average molecular weight is 864 g/mol. The highest BCUT2D eigenvalue weighted by Crippen LogP contribution is 2.15. The number of ether oxygens (including phenoxy) is 2. The number of nitrogens with one attached hydrogen (secondary N) is 1. The van der Waals surface area contributed by atoms with Crippen molar-refractivity contribution in [1.82, 2.24) is 5.32 Å². The number of rotatable bonds is 44. The molecular weight excluding hydrogens is 769 g/mol. The van der Waals surface area contributed by atoms with Gasteiger partial charge in [0.15, 0.2) is 17.7 Å². The van der Waals surface area contributed by atoms with Crippen LogP contribution in [0.15, 0.2) is 29.3 Å². The van der Waals surface area contributed by atoms with Crippen molar-refractivity contribution in [1.29, 1.82) is 0 Å². The number of guanidine groups is 1. The lowest BCUT2D eigenvalue weighted by Crippen LogP contribution is -2.62. The number of carbonyl (C=O) groups excluding carboxylic acids is 2. The van der Waals surface area contributed by atoms with Gasteiger partial charge < -0.3 is 36.3 Å². The minimum atomic E-state index is -1.64. The first-order valence-electron chi connectivity index (χ1n) is 24.6. The average Bonchev–Trinajstić information content (AvgIpc) is 3.21. The Bertz CT molecular complexity index is 1170. The molecular formula is C49H95N6O6+. The first-order chi connectivity index (χ1) is 29.3. The Morgan fingerprint density at radius 2 is 1.08 bits per heavy atom. The van der Waals surface area contributed by atoms with Crippen molar-refractivity contribution in [3.63, 3.8) is 0 Å². The zero-order chi connectivity index (χ0) is 45.3. The van der Waals surface area contributed by atoms with Crippen LogP contribution < -0.4 is 22.5 Å². The third-order valence-electron chi connectivity index (χ3n) is 11.3. The number of quaternary nitrogens is 1. The summed E-state index contributed by atoms with van der Waals surface area (Å²) in [7, 11) is 3.94. The standard InChI is InChI=1S/C49H94N6O6/c1-5-7-9-11-13-15-17-19-21-23-25-27-29-31-33-36-45(56)60-43-44(42-55(3,4)41-40-54-49(52,47(58)59)38-35-39-53-48(50)51)61-46(57)37-34-32-30-28-26-24-22-20-18-16-14-12-10-8-6-2/h19-22,44,54H,5-18,23-43,52H2,1-4H3,(H4-,50,51,53,58,59)/p+1/b21-19-,22-20-/t44?,49-/m1/s1. The molecule has 0 spiro atoms. The van der Waals surface area contributed by atoms with Crippen LogP contribution in [0, 0.1) is 0 Å². The van der Waals surface area contributed by atoms with Crippen molar-refractivity contribution in [3.8, 4) is 0 Å². The fourth-order valence-electron chi connectivity index (χ4n) is 7.37. The summed E-state index contributed by atoms with van der Waals surface area (Å²) in [5, 5.41) is 12.8. The Balaban J connectivity index is 4.80. The number of hydrogen-bond donors (Lipinski definition) is 5. The van der Waals surface area contributed by atoms with Gasteiger partial charge in [-0.05, 0) is 77.0 Å². The second-order valence-electron chi connectivity index (χ2n) is 17.9. The third kappa shape index (κ3) is 38.4. The molecule has 0 aromatic carbocycles. The lowest BCUT2D eigenvalue weighted by atomic mass is 10.0. The third-order valence-corrected chi connectivity index (χ3v) is 11.3. The van der Waals surface area contributed by atoms with Crippen molar-refractivity contribution in [3.05, 3.63) is 24.3 Å². The summed E-state index contributed by atoms with van der Waals surface area (Å²) < 4.78 is 12.0. The van der Waals surface area contributed by atoms with Gasteiger partial charge in [-0.2, -0.15) is 0 Å². The fraction of sp³-hybridized carbons (Fsp3) is 0.837. The van der Waals surface area contributed by atoms with Gasteiger partial charge in [-0.15, -0.1) is 0 Å². The van der Waals surface area contributed by atoms with Gasteiger partial charge in [0.25, 0.3) is 0 Å². The van der Waals surface area contributed by atoms with Gasteiger partial charge in [-0.1, -0.05) is 141 Å². The summed E-state index contributed by atoms with van der Waals surface area (Å²) in [6.07, 6.45) is 40.7. The van der Waals surface area contributed by atoms with Gasteiger partial charge >= 0.3 is 17.9 Å². The van der Waals surface area contributed by atoms with E-state index in [0.29, 0.717) is 43.4 Å². The molecule has 0 bridgehead atoms. The van der Waals surface area contributed by atoms with E-state index in [9.17, 15) is 19.5 Å². The Morgan fingerprint density at radius 3 is 1.52 bits per heavy atom. The van der Waals surface area contributed by atoms with Crippen LogP contribution in [0.2, 0.25) is 0 Å². The van der Waals surface area contributed by atoms with E-state index in [2.05, 4.69) is 48.5 Å². The van der Waals surface area contributed by atoms with Crippen molar-refractivity contribution in [2.75, 3.05) is 46.9 Å². The van der Waals surface area contributed by atoms with E-state index in [1.807, 2.05) is 14.1 Å². The second kappa shape index (κ2) is 39.9. The molecule has 0 aromatic rings. The molecule has 0 amide bonds. The number of carboxylic acid groups (broad SMARTS) is 1. The SMILES string of the molecule is CCCCCCCC/C=C\CCCCCCCC(=O)OCC(C[N+](C)(C)CCN[C@](N)(CCCN=C(N)N)C(=O)O)OC(=O)CCCCCCC/C=C\CCCCCCCC. The molecule has 0 heterocycles. The lowest BCUT2D eigenvalue weighted by molar-refractivity contribution is -0.892. The maximum absolute atomic E-state index is 13.0. The van der Waals surface area contributed by atoms with Crippen LogP contribution in [0.4, 0.5) is 0 Å². The number of allylic oxidation sites excluding steroid dienone is 4. The van der Waals surface area contributed by atoms with Gasteiger partial charge in [-0.25, -0.2) is 4.79 Å². The molecule has 1 unspecified atom stereocenters. The summed E-state index contributed by atoms with van der Waals surface area (Å²) in [6.45, 7) is 5.94. The largest absolute Gasteiger partial charge is 0.479 e.